The highest BCUT2D eigenvalue weighted by atomic mass is 16.1. The fourth-order valence-corrected chi connectivity index (χ4v) is 1.96. The average molecular weight is 225 g/mol. The minimum atomic E-state index is 0.241. The first kappa shape index (κ1) is 15.4. The van der Waals surface area contributed by atoms with Gasteiger partial charge in [0, 0.05) is 0 Å². The van der Waals surface area contributed by atoms with Crippen molar-refractivity contribution < 1.29 is 4.79 Å². The van der Waals surface area contributed by atoms with E-state index in [0.29, 0.717) is 0 Å². The molecule has 16 heavy (non-hydrogen) atoms. The number of unbranched alkanes of at least 4 members (excludes halogenated alkanes) is 6. The van der Waals surface area contributed by atoms with Crippen molar-refractivity contribution in [2.45, 2.75) is 84.1 Å². The van der Waals surface area contributed by atoms with Crippen LogP contribution in [0.3, 0.4) is 0 Å². The Hall–Kier alpha value is -0.620. The summed E-state index contributed by atoms with van der Waals surface area (Å²) in [5.74, 6) is 0. The Morgan fingerprint density at radius 2 is 1.38 bits per heavy atom. The van der Waals surface area contributed by atoms with Gasteiger partial charge in [-0.1, -0.05) is 65.2 Å². The van der Waals surface area contributed by atoms with Gasteiger partial charge in [0.1, 0.15) is 0 Å². The van der Waals surface area contributed by atoms with Crippen LogP contribution in [0.2, 0.25) is 0 Å². The first-order valence-electron chi connectivity index (χ1n) is 6.92. The van der Waals surface area contributed by atoms with Crippen LogP contribution in [0.1, 0.15) is 78.1 Å². The van der Waals surface area contributed by atoms with E-state index < -0.39 is 0 Å². The molecule has 0 spiro atoms. The van der Waals surface area contributed by atoms with E-state index >= 15 is 0 Å². The quantitative estimate of drug-likeness (QED) is 0.286. The Balaban J connectivity index is 3.55. The molecule has 0 N–H and O–H groups in total. The van der Waals surface area contributed by atoms with Gasteiger partial charge in [-0.2, -0.15) is 0 Å². The lowest BCUT2D eigenvalue weighted by Crippen LogP contribution is -2.04. The van der Waals surface area contributed by atoms with Crippen LogP contribution in [-0.4, -0.2) is 12.1 Å². The van der Waals surface area contributed by atoms with Crippen molar-refractivity contribution in [1.29, 1.82) is 0 Å². The van der Waals surface area contributed by atoms with Crippen LogP contribution in [0, 0.1) is 0 Å². The van der Waals surface area contributed by atoms with E-state index in [1.54, 1.807) is 6.08 Å². The van der Waals surface area contributed by atoms with Crippen LogP contribution in [0.4, 0.5) is 0 Å². The van der Waals surface area contributed by atoms with E-state index in [1.165, 1.54) is 51.4 Å². The minimum Gasteiger partial charge on any atom is -0.211 e. The van der Waals surface area contributed by atoms with Crippen molar-refractivity contribution in [1.82, 2.24) is 0 Å². The topological polar surface area (TPSA) is 29.4 Å². The number of hydrogen-bond acceptors (Lipinski definition) is 2. The monoisotopic (exact) mass is 225 g/mol. The summed E-state index contributed by atoms with van der Waals surface area (Å²) < 4.78 is 0. The Kier molecular flexibility index (Phi) is 12.0. The smallest absolute Gasteiger partial charge is 0.211 e. The maximum Gasteiger partial charge on any atom is 0.235 e. The normalized spacial score (nSPS) is 12.1. The second kappa shape index (κ2) is 12.4. The van der Waals surface area contributed by atoms with Crippen LogP contribution in [0.15, 0.2) is 4.99 Å². The molecule has 2 nitrogen and oxygen atoms in total. The number of hydrogen-bond donors (Lipinski definition) is 0. The summed E-state index contributed by atoms with van der Waals surface area (Å²) in [7, 11) is 0. The molecule has 0 saturated heterocycles. The van der Waals surface area contributed by atoms with Gasteiger partial charge < -0.3 is 0 Å². The molecule has 0 aromatic heterocycles. The van der Waals surface area contributed by atoms with E-state index in [4.69, 9.17) is 0 Å². The minimum absolute atomic E-state index is 0.241. The lowest BCUT2D eigenvalue weighted by molar-refractivity contribution is 0.488. The largest absolute Gasteiger partial charge is 0.235 e. The summed E-state index contributed by atoms with van der Waals surface area (Å²) in [5, 5.41) is 0. The zero-order valence-corrected chi connectivity index (χ0v) is 11.0. The van der Waals surface area contributed by atoms with Crippen LogP contribution >= 0.6 is 0 Å². The zero-order chi connectivity index (χ0) is 12.1. The van der Waals surface area contributed by atoms with Crippen LogP contribution in [0.5, 0.6) is 0 Å². The molecule has 0 bridgehead atoms. The highest BCUT2D eigenvalue weighted by Gasteiger charge is 2.05. The molecule has 0 amide bonds. The Morgan fingerprint density at radius 1 is 0.875 bits per heavy atom. The second-order valence-corrected chi connectivity index (χ2v) is 4.57. The summed E-state index contributed by atoms with van der Waals surface area (Å²) in [6.45, 7) is 4.42. The fraction of sp³-hybridized carbons (Fsp3) is 0.929. The molecule has 0 aliphatic heterocycles. The van der Waals surface area contributed by atoms with Crippen molar-refractivity contribution in [3.05, 3.63) is 0 Å². The lowest BCUT2D eigenvalue weighted by atomic mass is 10.0. The van der Waals surface area contributed by atoms with Crippen molar-refractivity contribution in [3.8, 4) is 0 Å². The first-order valence-corrected chi connectivity index (χ1v) is 6.92. The Labute approximate surface area is 101 Å². The molecule has 0 fully saturated rings. The van der Waals surface area contributed by atoms with Crippen molar-refractivity contribution >= 4 is 6.08 Å². The number of nitrogens with zero attached hydrogens (tertiary/aromatic N) is 1. The van der Waals surface area contributed by atoms with Gasteiger partial charge >= 0.3 is 0 Å². The van der Waals surface area contributed by atoms with Gasteiger partial charge in [-0.05, 0) is 12.8 Å². The summed E-state index contributed by atoms with van der Waals surface area (Å²) in [4.78, 5) is 14.2. The highest BCUT2D eigenvalue weighted by molar-refractivity contribution is 5.33. The zero-order valence-electron chi connectivity index (χ0n) is 11.0. The molecule has 94 valence electrons. The van der Waals surface area contributed by atoms with Crippen LogP contribution < -0.4 is 0 Å². The molecule has 2 heteroatoms. The molecule has 0 aromatic rings. The van der Waals surface area contributed by atoms with E-state index in [2.05, 4.69) is 18.8 Å². The van der Waals surface area contributed by atoms with Gasteiger partial charge in [0.05, 0.1) is 6.04 Å². The lowest BCUT2D eigenvalue weighted by Gasteiger charge is -2.09. The molecule has 0 aromatic carbocycles. The van der Waals surface area contributed by atoms with E-state index in [-0.39, 0.29) is 6.04 Å². The summed E-state index contributed by atoms with van der Waals surface area (Å²) in [6.07, 6.45) is 14.0. The fourth-order valence-electron chi connectivity index (χ4n) is 1.96. The van der Waals surface area contributed by atoms with Gasteiger partial charge in [0.2, 0.25) is 6.08 Å². The number of rotatable bonds is 11. The molecule has 1 atom stereocenters. The summed E-state index contributed by atoms with van der Waals surface area (Å²) >= 11 is 0. The predicted octanol–water partition coefficient (Wildman–Crippen LogP) is 4.63. The first-order chi connectivity index (χ1) is 7.85. The standard InChI is InChI=1S/C14H27NO/c1-3-5-7-8-10-12-14(15-13-16)11-9-6-4-2/h14H,3-12H2,1-2H3. The van der Waals surface area contributed by atoms with Gasteiger partial charge in [0.25, 0.3) is 0 Å². The molecule has 0 rings (SSSR count). The SMILES string of the molecule is CCCCCCCC(CCCCC)N=C=O. The Bertz CT molecular complexity index is 185. The predicted molar refractivity (Wildman–Crippen MR) is 69.4 cm³/mol. The van der Waals surface area contributed by atoms with E-state index in [0.717, 1.165) is 12.8 Å². The molecule has 0 radical (unpaired) electrons. The van der Waals surface area contributed by atoms with Crippen LogP contribution in [0.25, 0.3) is 0 Å². The van der Waals surface area contributed by atoms with Crippen LogP contribution in [-0.2, 0) is 4.79 Å². The molecule has 0 aliphatic carbocycles. The van der Waals surface area contributed by atoms with Gasteiger partial charge in [-0.25, -0.2) is 9.79 Å². The number of isocyanates is 1. The molecule has 0 aliphatic rings. The second-order valence-electron chi connectivity index (χ2n) is 4.57. The third-order valence-electron chi connectivity index (χ3n) is 3.02. The summed E-state index contributed by atoms with van der Waals surface area (Å²) in [5.41, 5.74) is 0. The van der Waals surface area contributed by atoms with Gasteiger partial charge in [-0.3, -0.25) is 0 Å². The number of carbonyl (C=O) groups excluding carboxylic acids is 1. The average Bonchev–Trinajstić information content (AvgIpc) is 2.29. The molecule has 0 saturated carbocycles. The van der Waals surface area contributed by atoms with Gasteiger partial charge in [0.15, 0.2) is 0 Å². The van der Waals surface area contributed by atoms with Crippen molar-refractivity contribution in [2.24, 2.45) is 4.99 Å². The number of aliphatic imine (C=N–C) groups is 1. The third kappa shape index (κ3) is 9.92. The molecule has 1 unspecified atom stereocenters. The van der Waals surface area contributed by atoms with E-state index in [1.807, 2.05) is 0 Å². The molecular formula is C14H27NO. The van der Waals surface area contributed by atoms with Crippen molar-refractivity contribution in [3.63, 3.8) is 0 Å². The Morgan fingerprint density at radius 3 is 1.94 bits per heavy atom. The highest BCUT2D eigenvalue weighted by Crippen LogP contribution is 2.14. The van der Waals surface area contributed by atoms with Gasteiger partial charge in [-0.15, -0.1) is 0 Å². The maximum absolute atomic E-state index is 10.3. The van der Waals surface area contributed by atoms with E-state index in [9.17, 15) is 4.79 Å². The van der Waals surface area contributed by atoms with Crippen molar-refractivity contribution in [2.75, 3.05) is 0 Å². The molecule has 0 heterocycles. The summed E-state index contributed by atoms with van der Waals surface area (Å²) in [6, 6.07) is 0.241. The maximum atomic E-state index is 10.3. The molecular weight excluding hydrogens is 198 g/mol. The third-order valence-corrected chi connectivity index (χ3v) is 3.02.